The van der Waals surface area contributed by atoms with Crippen molar-refractivity contribution in [2.75, 3.05) is 33.4 Å². The molecule has 2 rings (SSSR count). The first-order valence-corrected chi connectivity index (χ1v) is 7.61. The lowest BCUT2D eigenvalue weighted by Gasteiger charge is -2.24. The van der Waals surface area contributed by atoms with Gasteiger partial charge < -0.3 is 15.0 Å². The fourth-order valence-corrected chi connectivity index (χ4v) is 2.50. The number of nitrogens with zero attached hydrogens (tertiary/aromatic N) is 2. The van der Waals surface area contributed by atoms with E-state index >= 15 is 0 Å². The first-order chi connectivity index (χ1) is 10.6. The maximum Gasteiger partial charge on any atom is 0.193 e. The number of halogens is 2. The van der Waals surface area contributed by atoms with E-state index in [0.29, 0.717) is 11.9 Å². The number of hydrogen-bond acceptors (Lipinski definition) is 2. The van der Waals surface area contributed by atoms with E-state index in [0.717, 1.165) is 44.9 Å². The first-order valence-electron chi connectivity index (χ1n) is 7.61. The highest BCUT2D eigenvalue weighted by Gasteiger charge is 2.19. The molecule has 6 heteroatoms. The molecule has 1 aromatic carbocycles. The van der Waals surface area contributed by atoms with Crippen LogP contribution >= 0.6 is 0 Å². The molecule has 1 N–H and O–H groups in total. The van der Waals surface area contributed by atoms with Crippen molar-refractivity contribution in [1.82, 2.24) is 10.2 Å². The normalized spacial score (nSPS) is 18.5. The van der Waals surface area contributed by atoms with Crippen molar-refractivity contribution in [1.29, 1.82) is 0 Å². The number of aliphatic imine (C=N–C) groups is 1. The van der Waals surface area contributed by atoms with Crippen molar-refractivity contribution >= 4 is 5.96 Å². The molecule has 22 heavy (non-hydrogen) atoms. The van der Waals surface area contributed by atoms with Crippen molar-refractivity contribution in [2.24, 2.45) is 10.9 Å². The van der Waals surface area contributed by atoms with E-state index in [1.54, 1.807) is 0 Å². The zero-order valence-electron chi connectivity index (χ0n) is 13.1. The second kappa shape index (κ2) is 8.08. The van der Waals surface area contributed by atoms with Gasteiger partial charge in [-0.2, -0.15) is 0 Å². The largest absolute Gasteiger partial charge is 0.381 e. The molecule has 4 nitrogen and oxygen atoms in total. The van der Waals surface area contributed by atoms with Crippen LogP contribution in [0, 0.1) is 17.6 Å². The predicted octanol–water partition coefficient (Wildman–Crippen LogP) is 2.40. The van der Waals surface area contributed by atoms with Gasteiger partial charge in [-0.1, -0.05) is 0 Å². The number of ether oxygens (including phenoxy) is 1. The standard InChI is InChI=1S/C16H23F2N3O/c1-3-19-16(21(2)10-12-6-7-22-11-12)20-9-13-8-14(17)4-5-15(13)18/h4-5,8,12H,3,6-7,9-11H2,1-2H3,(H,19,20). The van der Waals surface area contributed by atoms with Crippen LogP contribution in [0.3, 0.4) is 0 Å². The molecule has 1 unspecified atom stereocenters. The van der Waals surface area contributed by atoms with Crippen molar-refractivity contribution < 1.29 is 13.5 Å². The minimum Gasteiger partial charge on any atom is -0.381 e. The average molecular weight is 311 g/mol. The Balaban J connectivity index is 2.03. The molecule has 0 aromatic heterocycles. The highest BCUT2D eigenvalue weighted by Crippen LogP contribution is 2.14. The van der Waals surface area contributed by atoms with E-state index in [4.69, 9.17) is 4.74 Å². The smallest absolute Gasteiger partial charge is 0.193 e. The molecule has 122 valence electrons. The molecule has 1 fully saturated rings. The van der Waals surface area contributed by atoms with Gasteiger partial charge in [-0.25, -0.2) is 13.8 Å². The fourth-order valence-electron chi connectivity index (χ4n) is 2.50. The number of guanidine groups is 1. The second-order valence-electron chi connectivity index (χ2n) is 5.52. The molecule has 1 aromatic rings. The Hall–Kier alpha value is -1.69. The summed E-state index contributed by atoms with van der Waals surface area (Å²) in [7, 11) is 1.95. The Kier molecular flexibility index (Phi) is 6.12. The third-order valence-electron chi connectivity index (χ3n) is 3.66. The monoisotopic (exact) mass is 311 g/mol. The van der Waals surface area contributed by atoms with Crippen LogP contribution in [0.5, 0.6) is 0 Å². The molecule has 1 aliphatic rings. The Morgan fingerprint density at radius 2 is 2.27 bits per heavy atom. The van der Waals surface area contributed by atoms with Gasteiger partial charge >= 0.3 is 0 Å². The van der Waals surface area contributed by atoms with Gasteiger partial charge in [0.25, 0.3) is 0 Å². The Morgan fingerprint density at radius 1 is 1.45 bits per heavy atom. The van der Waals surface area contributed by atoms with Crippen molar-refractivity contribution in [3.63, 3.8) is 0 Å². The van der Waals surface area contributed by atoms with Gasteiger partial charge in [0.05, 0.1) is 13.2 Å². The lowest BCUT2D eigenvalue weighted by Crippen LogP contribution is -2.41. The van der Waals surface area contributed by atoms with Crippen LogP contribution in [0.2, 0.25) is 0 Å². The average Bonchev–Trinajstić information content (AvgIpc) is 2.99. The van der Waals surface area contributed by atoms with E-state index < -0.39 is 11.6 Å². The van der Waals surface area contributed by atoms with Gasteiger partial charge in [0, 0.05) is 38.2 Å². The van der Waals surface area contributed by atoms with Crippen LogP contribution in [0.1, 0.15) is 18.9 Å². The molecule has 1 aliphatic heterocycles. The van der Waals surface area contributed by atoms with Gasteiger partial charge in [-0.3, -0.25) is 0 Å². The van der Waals surface area contributed by atoms with E-state index in [9.17, 15) is 8.78 Å². The van der Waals surface area contributed by atoms with Crippen LogP contribution in [0.4, 0.5) is 8.78 Å². The molecule has 0 radical (unpaired) electrons. The molecule has 0 aliphatic carbocycles. The molecule has 0 bridgehead atoms. The summed E-state index contributed by atoms with van der Waals surface area (Å²) < 4.78 is 32.2. The quantitative estimate of drug-likeness (QED) is 0.670. The highest BCUT2D eigenvalue weighted by molar-refractivity contribution is 5.79. The van der Waals surface area contributed by atoms with Gasteiger partial charge in [0.1, 0.15) is 11.6 Å². The summed E-state index contributed by atoms with van der Waals surface area (Å²) in [6, 6.07) is 3.43. The van der Waals surface area contributed by atoms with Crippen LogP contribution in [0.25, 0.3) is 0 Å². The molecule has 1 heterocycles. The zero-order valence-corrected chi connectivity index (χ0v) is 13.1. The van der Waals surface area contributed by atoms with E-state index in [1.165, 1.54) is 6.07 Å². The van der Waals surface area contributed by atoms with Crippen LogP contribution in [-0.2, 0) is 11.3 Å². The van der Waals surface area contributed by atoms with E-state index in [-0.39, 0.29) is 12.1 Å². The topological polar surface area (TPSA) is 36.9 Å². The lowest BCUT2D eigenvalue weighted by atomic mass is 10.1. The molecule has 1 saturated heterocycles. The van der Waals surface area contributed by atoms with Gasteiger partial charge in [-0.15, -0.1) is 0 Å². The maximum atomic E-state index is 13.6. The summed E-state index contributed by atoms with van der Waals surface area (Å²) in [5.41, 5.74) is 0.257. The van der Waals surface area contributed by atoms with Gasteiger partial charge in [-0.05, 0) is 31.5 Å². The predicted molar refractivity (Wildman–Crippen MR) is 82.7 cm³/mol. The summed E-state index contributed by atoms with van der Waals surface area (Å²) in [6.07, 6.45) is 1.04. The lowest BCUT2D eigenvalue weighted by molar-refractivity contribution is 0.181. The Morgan fingerprint density at radius 3 is 2.95 bits per heavy atom. The summed E-state index contributed by atoms with van der Waals surface area (Å²) in [6.45, 7) is 5.21. The molecular formula is C16H23F2N3O. The zero-order chi connectivity index (χ0) is 15.9. The van der Waals surface area contributed by atoms with Crippen LogP contribution < -0.4 is 5.32 Å². The second-order valence-corrected chi connectivity index (χ2v) is 5.52. The van der Waals surface area contributed by atoms with Crippen molar-refractivity contribution in [3.8, 4) is 0 Å². The number of hydrogen-bond donors (Lipinski definition) is 1. The fraction of sp³-hybridized carbons (Fsp3) is 0.562. The van der Waals surface area contributed by atoms with Crippen LogP contribution in [-0.4, -0.2) is 44.2 Å². The molecule has 0 amide bonds. The van der Waals surface area contributed by atoms with Crippen molar-refractivity contribution in [3.05, 3.63) is 35.4 Å². The van der Waals surface area contributed by atoms with E-state index in [1.807, 2.05) is 18.9 Å². The number of nitrogens with one attached hydrogen (secondary N) is 1. The SMILES string of the molecule is CCNC(=NCc1cc(F)ccc1F)N(C)CC1CCOC1. The maximum absolute atomic E-state index is 13.6. The third-order valence-corrected chi connectivity index (χ3v) is 3.66. The number of benzene rings is 1. The molecular weight excluding hydrogens is 288 g/mol. The first kappa shape index (κ1) is 16.7. The van der Waals surface area contributed by atoms with Crippen molar-refractivity contribution in [2.45, 2.75) is 19.9 Å². The molecule has 0 saturated carbocycles. The van der Waals surface area contributed by atoms with Gasteiger partial charge in [0.2, 0.25) is 0 Å². The summed E-state index contributed by atoms with van der Waals surface area (Å²) >= 11 is 0. The van der Waals surface area contributed by atoms with Gasteiger partial charge in [0.15, 0.2) is 5.96 Å². The number of rotatable bonds is 5. The minimum absolute atomic E-state index is 0.109. The van der Waals surface area contributed by atoms with E-state index in [2.05, 4.69) is 10.3 Å². The molecule has 1 atom stereocenters. The Labute approximate surface area is 130 Å². The summed E-state index contributed by atoms with van der Waals surface area (Å²) in [5.74, 6) is 0.290. The third kappa shape index (κ3) is 4.66. The summed E-state index contributed by atoms with van der Waals surface area (Å²) in [4.78, 5) is 6.43. The van der Waals surface area contributed by atoms with Crippen LogP contribution in [0.15, 0.2) is 23.2 Å². The highest BCUT2D eigenvalue weighted by atomic mass is 19.1. The Bertz CT molecular complexity index is 516. The molecule has 0 spiro atoms. The summed E-state index contributed by atoms with van der Waals surface area (Å²) in [5, 5.41) is 3.18. The minimum atomic E-state index is -0.451.